The molecule has 0 radical (unpaired) electrons. The van der Waals surface area contributed by atoms with Gasteiger partial charge in [0.25, 0.3) is 0 Å². The fraction of sp³-hybridized carbons (Fsp3) is 0.625. The van der Waals surface area contributed by atoms with Gasteiger partial charge in [-0.2, -0.15) is 13.2 Å². The molecule has 0 aromatic heterocycles. The Morgan fingerprint density at radius 1 is 1.23 bits per heavy atom. The first-order valence-electron chi connectivity index (χ1n) is 3.59. The second kappa shape index (κ2) is 3.81. The minimum Gasteiger partial charge on any atom is -0.457 e. The van der Waals surface area contributed by atoms with E-state index in [1.165, 1.54) is 0 Å². The zero-order valence-electron chi connectivity index (χ0n) is 7.61. The lowest BCUT2D eigenvalue weighted by Gasteiger charge is -2.17. The number of halogens is 3. The van der Waals surface area contributed by atoms with Gasteiger partial charge in [0, 0.05) is 12.2 Å². The SMILES string of the molecule is CC(C)(C)OC(=O)/C=C\C(F)(F)F. The third-order valence-electron chi connectivity index (χ3n) is 0.815. The molecule has 0 heterocycles. The standard InChI is InChI=1S/C8H11F3O2/c1-7(2,3)13-6(12)4-5-8(9,10)11/h4-5H,1-3H3/b5-4-. The van der Waals surface area contributed by atoms with Crippen LogP contribution in [0.25, 0.3) is 0 Å². The van der Waals surface area contributed by atoms with Crippen molar-refractivity contribution in [3.05, 3.63) is 12.2 Å². The minimum absolute atomic E-state index is 0.152. The van der Waals surface area contributed by atoms with E-state index in [1.54, 1.807) is 20.8 Å². The average Bonchev–Trinajstić information content (AvgIpc) is 1.78. The number of carbonyl (C=O) groups is 1. The first kappa shape index (κ1) is 12.0. The summed E-state index contributed by atoms with van der Waals surface area (Å²) >= 11 is 0. The fourth-order valence-corrected chi connectivity index (χ4v) is 0.498. The minimum atomic E-state index is -4.48. The molecule has 0 saturated carbocycles. The summed E-state index contributed by atoms with van der Waals surface area (Å²) in [6, 6.07) is 0. The van der Waals surface area contributed by atoms with Gasteiger partial charge in [-0.1, -0.05) is 0 Å². The Labute approximate surface area is 74.4 Å². The van der Waals surface area contributed by atoms with Crippen molar-refractivity contribution in [3.63, 3.8) is 0 Å². The van der Waals surface area contributed by atoms with Crippen LogP contribution in [0.4, 0.5) is 13.2 Å². The number of hydrogen-bond donors (Lipinski definition) is 0. The molecule has 0 aliphatic carbocycles. The molecule has 0 aliphatic heterocycles. The molecule has 5 heteroatoms. The number of alkyl halides is 3. The highest BCUT2D eigenvalue weighted by atomic mass is 19.4. The molecule has 2 nitrogen and oxygen atoms in total. The van der Waals surface area contributed by atoms with Crippen molar-refractivity contribution in [1.82, 2.24) is 0 Å². The number of allylic oxidation sites excluding steroid dienone is 1. The number of rotatable bonds is 1. The molecule has 0 rings (SSSR count). The Kier molecular flexibility index (Phi) is 3.51. The van der Waals surface area contributed by atoms with Gasteiger partial charge in [-0.05, 0) is 20.8 Å². The van der Waals surface area contributed by atoms with Crippen LogP contribution in [-0.2, 0) is 9.53 Å². The van der Waals surface area contributed by atoms with Crippen molar-refractivity contribution >= 4 is 5.97 Å². The van der Waals surface area contributed by atoms with E-state index in [0.29, 0.717) is 6.08 Å². The second-order valence-electron chi connectivity index (χ2n) is 3.41. The van der Waals surface area contributed by atoms with E-state index in [4.69, 9.17) is 0 Å². The van der Waals surface area contributed by atoms with Crippen LogP contribution < -0.4 is 0 Å². The summed E-state index contributed by atoms with van der Waals surface area (Å²) < 4.78 is 39.3. The van der Waals surface area contributed by atoms with E-state index in [0.717, 1.165) is 0 Å². The van der Waals surface area contributed by atoms with E-state index < -0.39 is 17.7 Å². The summed E-state index contributed by atoms with van der Waals surface area (Å²) in [5, 5.41) is 0. The zero-order chi connectivity index (χ0) is 10.7. The maximum absolute atomic E-state index is 11.6. The van der Waals surface area contributed by atoms with Crippen LogP contribution in [-0.4, -0.2) is 17.7 Å². The van der Waals surface area contributed by atoms with Crippen molar-refractivity contribution in [2.75, 3.05) is 0 Å². The summed E-state index contributed by atoms with van der Waals surface area (Å²) in [6.07, 6.45) is -4.26. The third-order valence-corrected chi connectivity index (χ3v) is 0.815. The van der Waals surface area contributed by atoms with E-state index in [-0.39, 0.29) is 6.08 Å². The maximum atomic E-state index is 11.6. The van der Waals surface area contributed by atoms with Crippen LogP contribution in [0.2, 0.25) is 0 Å². The van der Waals surface area contributed by atoms with Crippen LogP contribution in [0.5, 0.6) is 0 Å². The van der Waals surface area contributed by atoms with Gasteiger partial charge in [-0.25, -0.2) is 4.79 Å². The summed E-state index contributed by atoms with van der Waals surface area (Å²) in [5.41, 5.74) is -0.771. The van der Waals surface area contributed by atoms with Crippen molar-refractivity contribution in [1.29, 1.82) is 0 Å². The molecule has 0 aromatic rings. The van der Waals surface area contributed by atoms with Gasteiger partial charge in [0.05, 0.1) is 0 Å². The van der Waals surface area contributed by atoms with E-state index in [9.17, 15) is 18.0 Å². The van der Waals surface area contributed by atoms with Gasteiger partial charge in [0.1, 0.15) is 5.60 Å². The Balaban J connectivity index is 4.11. The first-order chi connectivity index (χ1) is 5.60. The molecular weight excluding hydrogens is 185 g/mol. The van der Waals surface area contributed by atoms with Crippen LogP contribution in [0.3, 0.4) is 0 Å². The predicted molar refractivity (Wildman–Crippen MR) is 41.0 cm³/mol. The largest absolute Gasteiger partial charge is 0.457 e. The Morgan fingerprint density at radius 3 is 2.00 bits per heavy atom. The third kappa shape index (κ3) is 8.91. The topological polar surface area (TPSA) is 26.3 Å². The van der Waals surface area contributed by atoms with Crippen LogP contribution >= 0.6 is 0 Å². The lowest BCUT2D eigenvalue weighted by atomic mass is 10.2. The summed E-state index contributed by atoms with van der Waals surface area (Å²) in [7, 11) is 0. The molecule has 76 valence electrons. The van der Waals surface area contributed by atoms with Crippen LogP contribution in [0.1, 0.15) is 20.8 Å². The highest BCUT2D eigenvalue weighted by Crippen LogP contribution is 2.16. The summed E-state index contributed by atoms with van der Waals surface area (Å²) in [5.74, 6) is -0.996. The number of hydrogen-bond acceptors (Lipinski definition) is 2. The zero-order valence-corrected chi connectivity index (χ0v) is 7.61. The lowest BCUT2D eigenvalue weighted by Crippen LogP contribution is -2.22. The Bertz CT molecular complexity index is 210. The van der Waals surface area contributed by atoms with Crippen molar-refractivity contribution in [3.8, 4) is 0 Å². The molecule has 13 heavy (non-hydrogen) atoms. The molecule has 0 fully saturated rings. The summed E-state index contributed by atoms with van der Waals surface area (Å²) in [6.45, 7) is 4.73. The number of carbonyl (C=O) groups excluding carboxylic acids is 1. The highest BCUT2D eigenvalue weighted by molar-refractivity contribution is 5.82. The van der Waals surface area contributed by atoms with Crippen molar-refractivity contribution < 1.29 is 22.7 Å². The molecule has 0 saturated heterocycles. The molecule has 0 unspecified atom stereocenters. The van der Waals surface area contributed by atoms with Gasteiger partial charge in [-0.15, -0.1) is 0 Å². The van der Waals surface area contributed by atoms with Crippen molar-refractivity contribution in [2.45, 2.75) is 32.5 Å². The number of esters is 1. The molecule has 0 spiro atoms. The molecule has 0 amide bonds. The lowest BCUT2D eigenvalue weighted by molar-refractivity contribution is -0.149. The molecule has 0 aliphatic rings. The van der Waals surface area contributed by atoms with Gasteiger partial charge in [0.15, 0.2) is 0 Å². The smallest absolute Gasteiger partial charge is 0.410 e. The average molecular weight is 196 g/mol. The first-order valence-corrected chi connectivity index (χ1v) is 3.59. The monoisotopic (exact) mass is 196 g/mol. The fourth-order valence-electron chi connectivity index (χ4n) is 0.498. The molecule has 0 aromatic carbocycles. The van der Waals surface area contributed by atoms with Gasteiger partial charge in [-0.3, -0.25) is 0 Å². The Hall–Kier alpha value is -1.00. The predicted octanol–water partition coefficient (Wildman–Crippen LogP) is 2.45. The molecule has 0 N–H and O–H groups in total. The summed E-state index contributed by atoms with van der Waals surface area (Å²) in [4.78, 5) is 10.7. The van der Waals surface area contributed by atoms with Gasteiger partial charge >= 0.3 is 12.1 Å². The molecule has 0 bridgehead atoms. The Morgan fingerprint density at radius 2 is 1.69 bits per heavy atom. The normalized spacial score (nSPS) is 13.4. The van der Waals surface area contributed by atoms with Gasteiger partial charge in [0.2, 0.25) is 0 Å². The second-order valence-corrected chi connectivity index (χ2v) is 3.41. The number of ether oxygens (including phenoxy) is 1. The van der Waals surface area contributed by atoms with Crippen molar-refractivity contribution in [2.24, 2.45) is 0 Å². The van der Waals surface area contributed by atoms with E-state index >= 15 is 0 Å². The highest BCUT2D eigenvalue weighted by Gasteiger charge is 2.23. The quantitative estimate of drug-likeness (QED) is 0.475. The van der Waals surface area contributed by atoms with Crippen LogP contribution in [0.15, 0.2) is 12.2 Å². The van der Waals surface area contributed by atoms with Crippen LogP contribution in [0, 0.1) is 0 Å². The molecule has 0 atom stereocenters. The maximum Gasteiger partial charge on any atom is 0.410 e. The molecular formula is C8H11F3O2. The van der Waals surface area contributed by atoms with Gasteiger partial charge < -0.3 is 4.74 Å². The van der Waals surface area contributed by atoms with E-state index in [2.05, 4.69) is 4.74 Å². The van der Waals surface area contributed by atoms with E-state index in [1.807, 2.05) is 0 Å².